The molecule has 6 heteroatoms. The van der Waals surface area contributed by atoms with Crippen LogP contribution in [0.25, 0.3) is 0 Å². The molecule has 0 bridgehead atoms. The summed E-state index contributed by atoms with van der Waals surface area (Å²) in [7, 11) is 3.84. The Morgan fingerprint density at radius 3 is 2.19 bits per heavy atom. The van der Waals surface area contributed by atoms with Crippen molar-refractivity contribution in [3.8, 4) is 0 Å². The molecule has 2 N–H and O–H groups in total. The zero-order chi connectivity index (χ0) is 18.9. The number of nitrogens with one attached hydrogen (secondary N) is 2. The zero-order valence-corrected chi connectivity index (χ0v) is 18.8. The van der Waals surface area contributed by atoms with Crippen LogP contribution >= 0.6 is 24.0 Å². The van der Waals surface area contributed by atoms with Gasteiger partial charge in [-0.2, -0.15) is 0 Å². The van der Waals surface area contributed by atoms with Crippen molar-refractivity contribution in [3.63, 3.8) is 0 Å². The predicted octanol–water partition coefficient (Wildman–Crippen LogP) is 3.82. The van der Waals surface area contributed by atoms with Gasteiger partial charge in [0.1, 0.15) is 0 Å². The highest BCUT2D eigenvalue weighted by molar-refractivity contribution is 14.0. The number of benzene rings is 2. The Hall–Kier alpha value is -2.09. The van der Waals surface area contributed by atoms with Gasteiger partial charge in [-0.3, -0.25) is 9.79 Å². The number of amides is 1. The highest BCUT2D eigenvalue weighted by Crippen LogP contribution is 2.10. The highest BCUT2D eigenvalue weighted by Gasteiger charge is 2.06. The number of nitrogens with zero attached hydrogens (tertiary/aromatic N) is 2. The van der Waals surface area contributed by atoms with E-state index in [1.54, 1.807) is 7.05 Å². The Morgan fingerprint density at radius 1 is 1.04 bits per heavy atom. The van der Waals surface area contributed by atoms with Crippen LogP contribution < -0.4 is 10.6 Å². The van der Waals surface area contributed by atoms with E-state index in [1.807, 2.05) is 31.3 Å². The molecule has 5 nitrogen and oxygen atoms in total. The first kappa shape index (κ1) is 23.0. The van der Waals surface area contributed by atoms with Crippen molar-refractivity contribution >= 4 is 41.5 Å². The monoisotopic (exact) mass is 480 g/mol. The van der Waals surface area contributed by atoms with Crippen LogP contribution in [0.15, 0.2) is 53.5 Å². The van der Waals surface area contributed by atoms with E-state index in [1.165, 1.54) is 23.6 Å². The number of rotatable bonds is 6. The third kappa shape index (κ3) is 7.99. The second-order valence-electron chi connectivity index (χ2n) is 6.44. The minimum atomic E-state index is -0.0557. The van der Waals surface area contributed by atoms with Crippen molar-refractivity contribution in [1.82, 2.24) is 10.2 Å². The Balaban J connectivity index is 0.00000364. The molecular formula is C21H29IN4O. The molecular weight excluding hydrogens is 451 g/mol. The summed E-state index contributed by atoms with van der Waals surface area (Å²) in [6.45, 7) is 5.21. The molecule has 0 aliphatic carbocycles. The first-order chi connectivity index (χ1) is 12.5. The largest absolute Gasteiger partial charge is 0.356 e. The fourth-order valence-electron chi connectivity index (χ4n) is 2.70. The summed E-state index contributed by atoms with van der Waals surface area (Å²) in [4.78, 5) is 17.5. The maximum Gasteiger partial charge on any atom is 0.221 e. The van der Waals surface area contributed by atoms with E-state index in [-0.39, 0.29) is 29.9 Å². The lowest BCUT2D eigenvalue weighted by Gasteiger charge is -2.22. The Bertz CT molecular complexity index is 742. The van der Waals surface area contributed by atoms with Crippen LogP contribution in [0, 0.1) is 6.92 Å². The molecule has 0 heterocycles. The quantitative estimate of drug-likeness (QED) is 0.376. The molecule has 0 fully saturated rings. The van der Waals surface area contributed by atoms with E-state index in [0.29, 0.717) is 0 Å². The molecule has 146 valence electrons. The average molecular weight is 480 g/mol. The first-order valence-electron chi connectivity index (χ1n) is 8.82. The van der Waals surface area contributed by atoms with Crippen molar-refractivity contribution in [2.45, 2.75) is 26.8 Å². The van der Waals surface area contributed by atoms with Crippen LogP contribution in [0.4, 0.5) is 5.69 Å². The van der Waals surface area contributed by atoms with Gasteiger partial charge in [-0.05, 0) is 36.6 Å². The molecule has 2 aromatic rings. The van der Waals surface area contributed by atoms with Gasteiger partial charge in [0.2, 0.25) is 5.91 Å². The lowest BCUT2D eigenvalue weighted by molar-refractivity contribution is -0.114. The van der Waals surface area contributed by atoms with E-state index < -0.39 is 0 Å². The van der Waals surface area contributed by atoms with Gasteiger partial charge in [-0.1, -0.05) is 42.0 Å². The molecule has 1 amide bonds. The number of anilines is 1. The molecule has 0 aromatic heterocycles. The minimum absolute atomic E-state index is 0. The topological polar surface area (TPSA) is 56.7 Å². The zero-order valence-electron chi connectivity index (χ0n) is 16.5. The van der Waals surface area contributed by atoms with Gasteiger partial charge in [0.05, 0.1) is 0 Å². The van der Waals surface area contributed by atoms with Gasteiger partial charge >= 0.3 is 0 Å². The summed E-state index contributed by atoms with van der Waals surface area (Å²) in [6.07, 6.45) is 0.887. The van der Waals surface area contributed by atoms with Gasteiger partial charge in [-0.25, -0.2) is 0 Å². The van der Waals surface area contributed by atoms with Gasteiger partial charge in [0, 0.05) is 39.8 Å². The van der Waals surface area contributed by atoms with Crippen LogP contribution in [-0.4, -0.2) is 37.4 Å². The summed E-state index contributed by atoms with van der Waals surface area (Å²) in [6, 6.07) is 16.5. The molecule has 0 unspecified atom stereocenters. The van der Waals surface area contributed by atoms with Gasteiger partial charge in [-0.15, -0.1) is 24.0 Å². The molecule has 0 atom stereocenters. The Morgan fingerprint density at radius 2 is 1.63 bits per heavy atom. The minimum Gasteiger partial charge on any atom is -0.356 e. The third-order valence-corrected chi connectivity index (χ3v) is 4.08. The van der Waals surface area contributed by atoms with Crippen LogP contribution in [0.3, 0.4) is 0 Å². The molecule has 0 saturated carbocycles. The number of guanidine groups is 1. The maximum atomic E-state index is 11.1. The second-order valence-corrected chi connectivity index (χ2v) is 6.44. The van der Waals surface area contributed by atoms with E-state index in [2.05, 4.69) is 51.7 Å². The number of aryl methyl sites for hydroxylation is 1. The molecule has 0 aliphatic rings. The second kappa shape index (κ2) is 11.6. The van der Waals surface area contributed by atoms with Crippen LogP contribution in [0.5, 0.6) is 0 Å². The summed E-state index contributed by atoms with van der Waals surface area (Å²) in [5, 5.41) is 6.18. The molecule has 0 spiro atoms. The van der Waals surface area contributed by atoms with Gasteiger partial charge in [0.25, 0.3) is 0 Å². The third-order valence-electron chi connectivity index (χ3n) is 4.08. The Kier molecular flexibility index (Phi) is 9.85. The Labute approximate surface area is 179 Å². The van der Waals surface area contributed by atoms with Gasteiger partial charge in [0.15, 0.2) is 5.96 Å². The standard InChI is InChI=1S/C21H28N4O.HI/c1-16-5-7-19(8-6-16)15-25(4)21(22-3)23-14-13-18-9-11-20(12-10-18)24-17(2)26;/h5-12H,13-15H2,1-4H3,(H,22,23)(H,24,26);1H. The van der Waals surface area contributed by atoms with Gasteiger partial charge < -0.3 is 15.5 Å². The SMILES string of the molecule is CN=C(NCCc1ccc(NC(C)=O)cc1)N(C)Cc1ccc(C)cc1.I. The number of carbonyl (C=O) groups is 1. The number of halogens is 1. The molecule has 2 rings (SSSR count). The predicted molar refractivity (Wildman–Crippen MR) is 124 cm³/mol. The summed E-state index contributed by atoms with van der Waals surface area (Å²) in [5.41, 5.74) is 4.56. The van der Waals surface area contributed by atoms with E-state index in [9.17, 15) is 4.79 Å². The number of carbonyl (C=O) groups excluding carboxylic acids is 1. The van der Waals surface area contributed by atoms with E-state index in [0.717, 1.165) is 31.2 Å². The fourth-order valence-corrected chi connectivity index (χ4v) is 2.70. The normalized spacial score (nSPS) is 10.7. The lowest BCUT2D eigenvalue weighted by Crippen LogP contribution is -2.39. The van der Waals surface area contributed by atoms with Crippen LogP contribution in [0.1, 0.15) is 23.6 Å². The van der Waals surface area contributed by atoms with Crippen molar-refractivity contribution in [2.24, 2.45) is 4.99 Å². The number of hydrogen-bond acceptors (Lipinski definition) is 2. The summed E-state index contributed by atoms with van der Waals surface area (Å²) < 4.78 is 0. The molecule has 0 radical (unpaired) electrons. The summed E-state index contributed by atoms with van der Waals surface area (Å²) >= 11 is 0. The van der Waals surface area contributed by atoms with E-state index in [4.69, 9.17) is 0 Å². The molecule has 0 saturated heterocycles. The highest BCUT2D eigenvalue weighted by atomic mass is 127. The molecule has 2 aromatic carbocycles. The van der Waals surface area contributed by atoms with Crippen molar-refractivity contribution in [2.75, 3.05) is 26.0 Å². The smallest absolute Gasteiger partial charge is 0.221 e. The molecule has 27 heavy (non-hydrogen) atoms. The number of aliphatic imine (C=N–C) groups is 1. The average Bonchev–Trinajstić information content (AvgIpc) is 2.61. The van der Waals surface area contributed by atoms with Crippen LogP contribution in [0.2, 0.25) is 0 Å². The van der Waals surface area contributed by atoms with Crippen molar-refractivity contribution in [1.29, 1.82) is 0 Å². The maximum absolute atomic E-state index is 11.1. The first-order valence-corrected chi connectivity index (χ1v) is 8.82. The van der Waals surface area contributed by atoms with E-state index >= 15 is 0 Å². The van der Waals surface area contributed by atoms with Crippen molar-refractivity contribution in [3.05, 3.63) is 65.2 Å². The van der Waals surface area contributed by atoms with Crippen LogP contribution in [-0.2, 0) is 17.8 Å². The van der Waals surface area contributed by atoms with Crippen molar-refractivity contribution < 1.29 is 4.79 Å². The molecule has 0 aliphatic heterocycles. The summed E-state index contributed by atoms with van der Waals surface area (Å²) in [5.74, 6) is 0.820. The fraction of sp³-hybridized carbons (Fsp3) is 0.333. The number of hydrogen-bond donors (Lipinski definition) is 2. The lowest BCUT2D eigenvalue weighted by atomic mass is 10.1.